The maximum atomic E-state index is 12.3. The molecule has 1 atom stereocenters. The van der Waals surface area contributed by atoms with Crippen molar-refractivity contribution >= 4 is 11.6 Å². The van der Waals surface area contributed by atoms with Crippen LogP contribution in [-0.4, -0.2) is 44.9 Å². The number of carbonyl (C=O) groups excluding carboxylic acids is 1. The summed E-state index contributed by atoms with van der Waals surface area (Å²) in [5.74, 6) is -0.0505. The van der Waals surface area contributed by atoms with Gasteiger partial charge < -0.3 is 20.1 Å². The van der Waals surface area contributed by atoms with Gasteiger partial charge in [0, 0.05) is 13.1 Å². The summed E-state index contributed by atoms with van der Waals surface area (Å²) in [6.07, 6.45) is 2.11. The Morgan fingerprint density at radius 2 is 2.35 bits per heavy atom. The van der Waals surface area contributed by atoms with Gasteiger partial charge in [0.05, 0.1) is 37.2 Å². The first kappa shape index (κ1) is 13.4. The maximum absolute atomic E-state index is 12.3. The summed E-state index contributed by atoms with van der Waals surface area (Å²) in [7, 11) is 0. The van der Waals surface area contributed by atoms with Gasteiger partial charge in [-0.05, 0) is 24.5 Å². The minimum atomic E-state index is -0.0505. The largest absolute Gasteiger partial charge is 0.384 e. The van der Waals surface area contributed by atoms with Crippen molar-refractivity contribution in [1.82, 2.24) is 5.32 Å². The predicted octanol–water partition coefficient (Wildman–Crippen LogP) is 1.19. The van der Waals surface area contributed by atoms with E-state index in [1.165, 1.54) is 5.56 Å². The SMILES string of the molecule is O=C(NCC1COCCO1)c1cccc2c1NCCC2. The van der Waals surface area contributed by atoms with E-state index in [4.69, 9.17) is 9.47 Å². The highest BCUT2D eigenvalue weighted by Crippen LogP contribution is 2.25. The second-order valence-corrected chi connectivity index (χ2v) is 5.15. The summed E-state index contributed by atoms with van der Waals surface area (Å²) in [6, 6.07) is 5.89. The molecule has 0 aliphatic carbocycles. The molecule has 5 heteroatoms. The van der Waals surface area contributed by atoms with Crippen LogP contribution in [-0.2, 0) is 15.9 Å². The topological polar surface area (TPSA) is 59.6 Å². The first-order chi connectivity index (χ1) is 9.84. The first-order valence-electron chi connectivity index (χ1n) is 7.18. The molecule has 1 saturated heterocycles. The fourth-order valence-corrected chi connectivity index (χ4v) is 2.65. The summed E-state index contributed by atoms with van der Waals surface area (Å²) in [5.41, 5.74) is 2.93. The molecule has 1 fully saturated rings. The molecule has 0 aromatic heterocycles. The molecule has 2 aliphatic heterocycles. The Hall–Kier alpha value is -1.59. The zero-order valence-corrected chi connectivity index (χ0v) is 11.5. The van der Waals surface area contributed by atoms with Crippen LogP contribution in [0.3, 0.4) is 0 Å². The fraction of sp³-hybridized carbons (Fsp3) is 0.533. The van der Waals surface area contributed by atoms with Crippen LogP contribution in [0.2, 0.25) is 0 Å². The molecule has 2 heterocycles. The minimum Gasteiger partial charge on any atom is -0.384 e. The molecule has 1 aromatic rings. The van der Waals surface area contributed by atoms with E-state index in [-0.39, 0.29) is 12.0 Å². The number of amides is 1. The van der Waals surface area contributed by atoms with Crippen molar-refractivity contribution in [2.45, 2.75) is 18.9 Å². The normalized spacial score (nSPS) is 21.7. The van der Waals surface area contributed by atoms with E-state index >= 15 is 0 Å². The third-order valence-electron chi connectivity index (χ3n) is 3.70. The van der Waals surface area contributed by atoms with Crippen molar-refractivity contribution < 1.29 is 14.3 Å². The highest BCUT2D eigenvalue weighted by molar-refractivity contribution is 6.00. The fourth-order valence-electron chi connectivity index (χ4n) is 2.65. The molecule has 1 amide bonds. The van der Waals surface area contributed by atoms with Crippen LogP contribution in [0, 0.1) is 0 Å². The lowest BCUT2D eigenvalue weighted by Crippen LogP contribution is -2.40. The summed E-state index contributed by atoms with van der Waals surface area (Å²) in [5, 5.41) is 6.27. The molecule has 108 valence electrons. The van der Waals surface area contributed by atoms with E-state index < -0.39 is 0 Å². The van der Waals surface area contributed by atoms with Crippen LogP contribution in [0.15, 0.2) is 18.2 Å². The smallest absolute Gasteiger partial charge is 0.253 e. The van der Waals surface area contributed by atoms with Crippen LogP contribution in [0.25, 0.3) is 0 Å². The van der Waals surface area contributed by atoms with Gasteiger partial charge in [-0.2, -0.15) is 0 Å². The molecule has 5 nitrogen and oxygen atoms in total. The lowest BCUT2D eigenvalue weighted by atomic mass is 9.99. The van der Waals surface area contributed by atoms with E-state index in [1.54, 1.807) is 0 Å². The molecule has 0 spiro atoms. The summed E-state index contributed by atoms with van der Waals surface area (Å²) >= 11 is 0. The number of rotatable bonds is 3. The number of hydrogen-bond donors (Lipinski definition) is 2. The summed E-state index contributed by atoms with van der Waals surface area (Å²) < 4.78 is 10.8. The highest BCUT2D eigenvalue weighted by atomic mass is 16.6. The lowest BCUT2D eigenvalue weighted by Gasteiger charge is -2.24. The Morgan fingerprint density at radius 1 is 1.40 bits per heavy atom. The number of para-hydroxylation sites is 1. The Labute approximate surface area is 118 Å². The van der Waals surface area contributed by atoms with Gasteiger partial charge in [-0.25, -0.2) is 0 Å². The molecule has 0 bridgehead atoms. The lowest BCUT2D eigenvalue weighted by molar-refractivity contribution is -0.0855. The van der Waals surface area contributed by atoms with Crippen molar-refractivity contribution in [3.8, 4) is 0 Å². The standard InChI is InChI=1S/C15H20N2O3/c18-15(17-9-12-10-19-7-8-20-12)13-5-1-3-11-4-2-6-16-14(11)13/h1,3,5,12,16H,2,4,6-10H2,(H,17,18). The Bertz CT molecular complexity index is 484. The first-order valence-corrected chi connectivity index (χ1v) is 7.18. The molecule has 2 aliphatic rings. The van der Waals surface area contributed by atoms with E-state index in [0.29, 0.717) is 26.4 Å². The number of benzene rings is 1. The number of nitrogens with one attached hydrogen (secondary N) is 2. The van der Waals surface area contributed by atoms with E-state index in [1.807, 2.05) is 12.1 Å². The van der Waals surface area contributed by atoms with Gasteiger partial charge in [-0.1, -0.05) is 12.1 Å². The van der Waals surface area contributed by atoms with Gasteiger partial charge >= 0.3 is 0 Å². The molecular weight excluding hydrogens is 256 g/mol. The second-order valence-electron chi connectivity index (χ2n) is 5.15. The molecule has 0 radical (unpaired) electrons. The van der Waals surface area contributed by atoms with E-state index in [0.717, 1.165) is 30.6 Å². The van der Waals surface area contributed by atoms with Crippen LogP contribution in [0.5, 0.6) is 0 Å². The van der Waals surface area contributed by atoms with Crippen molar-refractivity contribution in [1.29, 1.82) is 0 Å². The number of carbonyl (C=O) groups is 1. The van der Waals surface area contributed by atoms with Gasteiger partial charge in [-0.15, -0.1) is 0 Å². The maximum Gasteiger partial charge on any atom is 0.253 e. The number of anilines is 1. The third kappa shape index (κ3) is 2.94. The number of aryl methyl sites for hydroxylation is 1. The predicted molar refractivity (Wildman–Crippen MR) is 76.1 cm³/mol. The van der Waals surface area contributed by atoms with Crippen LogP contribution in [0.1, 0.15) is 22.3 Å². The molecule has 20 heavy (non-hydrogen) atoms. The van der Waals surface area contributed by atoms with E-state index in [9.17, 15) is 4.79 Å². The number of hydrogen-bond acceptors (Lipinski definition) is 4. The van der Waals surface area contributed by atoms with Gasteiger partial charge in [0.1, 0.15) is 0 Å². The zero-order valence-electron chi connectivity index (χ0n) is 11.5. The van der Waals surface area contributed by atoms with Gasteiger partial charge in [0.25, 0.3) is 5.91 Å². The molecule has 3 rings (SSSR count). The summed E-state index contributed by atoms with van der Waals surface area (Å²) in [6.45, 7) is 3.20. The van der Waals surface area contributed by atoms with Crippen molar-refractivity contribution in [2.75, 3.05) is 38.2 Å². The molecule has 2 N–H and O–H groups in total. The van der Waals surface area contributed by atoms with Crippen molar-refractivity contribution in [2.24, 2.45) is 0 Å². The number of fused-ring (bicyclic) bond motifs is 1. The van der Waals surface area contributed by atoms with Gasteiger partial charge in [0.15, 0.2) is 0 Å². The second kappa shape index (κ2) is 6.24. The average Bonchev–Trinajstić information content (AvgIpc) is 2.53. The Balaban J connectivity index is 1.64. The number of ether oxygens (including phenoxy) is 2. The van der Waals surface area contributed by atoms with Crippen LogP contribution in [0.4, 0.5) is 5.69 Å². The van der Waals surface area contributed by atoms with Crippen LogP contribution >= 0.6 is 0 Å². The molecule has 0 saturated carbocycles. The monoisotopic (exact) mass is 276 g/mol. The van der Waals surface area contributed by atoms with Crippen molar-refractivity contribution in [3.63, 3.8) is 0 Å². The third-order valence-corrected chi connectivity index (χ3v) is 3.70. The Morgan fingerprint density at radius 3 is 3.20 bits per heavy atom. The van der Waals surface area contributed by atoms with Gasteiger partial charge in [-0.3, -0.25) is 4.79 Å². The van der Waals surface area contributed by atoms with Gasteiger partial charge in [0.2, 0.25) is 0 Å². The quantitative estimate of drug-likeness (QED) is 0.870. The zero-order chi connectivity index (χ0) is 13.8. The average molecular weight is 276 g/mol. The highest BCUT2D eigenvalue weighted by Gasteiger charge is 2.19. The van der Waals surface area contributed by atoms with Crippen LogP contribution < -0.4 is 10.6 Å². The summed E-state index contributed by atoms with van der Waals surface area (Å²) in [4.78, 5) is 12.3. The Kier molecular flexibility index (Phi) is 4.18. The minimum absolute atomic E-state index is 0.0415. The van der Waals surface area contributed by atoms with Crippen molar-refractivity contribution in [3.05, 3.63) is 29.3 Å². The van der Waals surface area contributed by atoms with E-state index in [2.05, 4.69) is 16.7 Å². The molecular formula is C15H20N2O3. The molecule has 1 aromatic carbocycles. The molecule has 1 unspecified atom stereocenters.